The molecule has 28 heavy (non-hydrogen) atoms. The van der Waals surface area contributed by atoms with Crippen molar-refractivity contribution in [2.75, 3.05) is 6.61 Å². The molecule has 2 aromatic carbocycles. The number of benzene rings is 2. The highest BCUT2D eigenvalue weighted by molar-refractivity contribution is 5.75. The first kappa shape index (κ1) is 19.4. The lowest BCUT2D eigenvalue weighted by atomic mass is 10.1. The number of amides is 1. The van der Waals surface area contributed by atoms with Crippen LogP contribution in [0.2, 0.25) is 0 Å². The SMILES string of the molecule is CCOc1ccccc1CNC(=O)CCn1nc(-c2ccccc2)ccc1=O. The first-order valence-corrected chi connectivity index (χ1v) is 9.28. The van der Waals surface area contributed by atoms with E-state index in [-0.39, 0.29) is 24.4 Å². The van der Waals surface area contributed by atoms with Gasteiger partial charge in [-0.2, -0.15) is 5.10 Å². The molecule has 0 aliphatic rings. The lowest BCUT2D eigenvalue weighted by Gasteiger charge is -2.11. The molecule has 0 unspecified atom stereocenters. The Morgan fingerprint density at radius 3 is 2.57 bits per heavy atom. The fraction of sp³-hybridized carbons (Fsp3) is 0.227. The van der Waals surface area contributed by atoms with Crippen molar-refractivity contribution in [1.82, 2.24) is 15.1 Å². The Bertz CT molecular complexity index is 984. The van der Waals surface area contributed by atoms with Crippen LogP contribution in [0.25, 0.3) is 11.3 Å². The highest BCUT2D eigenvalue weighted by Crippen LogP contribution is 2.17. The second-order valence-electron chi connectivity index (χ2n) is 6.21. The number of carbonyl (C=O) groups is 1. The molecule has 0 fully saturated rings. The quantitative estimate of drug-likeness (QED) is 0.655. The number of carbonyl (C=O) groups excluding carboxylic acids is 1. The minimum Gasteiger partial charge on any atom is -0.494 e. The third kappa shape index (κ3) is 5.07. The number of aromatic nitrogens is 2. The summed E-state index contributed by atoms with van der Waals surface area (Å²) < 4.78 is 6.89. The van der Waals surface area contributed by atoms with Crippen molar-refractivity contribution < 1.29 is 9.53 Å². The predicted molar refractivity (Wildman–Crippen MR) is 108 cm³/mol. The topological polar surface area (TPSA) is 73.2 Å². The van der Waals surface area contributed by atoms with Gasteiger partial charge in [-0.3, -0.25) is 9.59 Å². The lowest BCUT2D eigenvalue weighted by Crippen LogP contribution is -2.28. The van der Waals surface area contributed by atoms with E-state index in [1.807, 2.05) is 61.5 Å². The van der Waals surface area contributed by atoms with Crippen LogP contribution in [0.5, 0.6) is 5.75 Å². The van der Waals surface area contributed by atoms with Gasteiger partial charge < -0.3 is 10.1 Å². The Labute approximate surface area is 163 Å². The largest absolute Gasteiger partial charge is 0.494 e. The van der Waals surface area contributed by atoms with E-state index in [9.17, 15) is 9.59 Å². The zero-order valence-corrected chi connectivity index (χ0v) is 15.8. The molecule has 1 aromatic heterocycles. The van der Waals surface area contributed by atoms with Gasteiger partial charge in [0.25, 0.3) is 5.56 Å². The van der Waals surface area contributed by atoms with Crippen molar-refractivity contribution in [3.8, 4) is 17.0 Å². The van der Waals surface area contributed by atoms with E-state index in [0.29, 0.717) is 18.8 Å². The smallest absolute Gasteiger partial charge is 0.266 e. The van der Waals surface area contributed by atoms with Crippen LogP contribution in [0.4, 0.5) is 0 Å². The molecule has 0 saturated carbocycles. The first-order chi connectivity index (χ1) is 13.7. The average Bonchev–Trinajstić information content (AvgIpc) is 2.73. The number of ether oxygens (including phenoxy) is 1. The Morgan fingerprint density at radius 1 is 1.04 bits per heavy atom. The van der Waals surface area contributed by atoms with Gasteiger partial charge in [0.05, 0.1) is 18.8 Å². The molecule has 0 radical (unpaired) electrons. The van der Waals surface area contributed by atoms with E-state index >= 15 is 0 Å². The van der Waals surface area contributed by atoms with Gasteiger partial charge in [0.1, 0.15) is 5.75 Å². The van der Waals surface area contributed by atoms with Gasteiger partial charge in [-0.05, 0) is 19.1 Å². The lowest BCUT2D eigenvalue weighted by molar-refractivity contribution is -0.121. The van der Waals surface area contributed by atoms with Crippen molar-refractivity contribution >= 4 is 5.91 Å². The molecule has 0 atom stereocenters. The van der Waals surface area contributed by atoms with E-state index in [4.69, 9.17) is 4.74 Å². The van der Waals surface area contributed by atoms with Gasteiger partial charge in [-0.25, -0.2) is 4.68 Å². The molecule has 3 rings (SSSR count). The summed E-state index contributed by atoms with van der Waals surface area (Å²) in [6.07, 6.45) is 0.169. The highest BCUT2D eigenvalue weighted by atomic mass is 16.5. The van der Waals surface area contributed by atoms with E-state index in [1.54, 1.807) is 6.07 Å². The number of nitrogens with zero attached hydrogens (tertiary/aromatic N) is 2. The van der Waals surface area contributed by atoms with Crippen molar-refractivity contribution in [1.29, 1.82) is 0 Å². The summed E-state index contributed by atoms with van der Waals surface area (Å²) in [4.78, 5) is 24.3. The summed E-state index contributed by atoms with van der Waals surface area (Å²) in [5.74, 6) is 0.615. The maximum atomic E-state index is 12.2. The summed E-state index contributed by atoms with van der Waals surface area (Å²) in [5.41, 5.74) is 2.31. The molecule has 1 amide bonds. The Morgan fingerprint density at radius 2 is 1.79 bits per heavy atom. The van der Waals surface area contributed by atoms with Crippen molar-refractivity contribution in [2.45, 2.75) is 26.4 Å². The maximum absolute atomic E-state index is 12.2. The Hall–Kier alpha value is -3.41. The summed E-state index contributed by atoms with van der Waals surface area (Å²) in [6, 6.07) is 20.4. The van der Waals surface area contributed by atoms with Crippen LogP contribution in [-0.2, 0) is 17.9 Å². The van der Waals surface area contributed by atoms with Gasteiger partial charge in [-0.1, -0.05) is 48.5 Å². The van der Waals surface area contributed by atoms with Gasteiger partial charge in [-0.15, -0.1) is 0 Å². The number of para-hydroxylation sites is 1. The molecule has 1 heterocycles. The molecular formula is C22H23N3O3. The molecule has 0 bridgehead atoms. The second-order valence-corrected chi connectivity index (χ2v) is 6.21. The van der Waals surface area contributed by atoms with E-state index < -0.39 is 0 Å². The van der Waals surface area contributed by atoms with Crippen LogP contribution in [-0.4, -0.2) is 22.3 Å². The van der Waals surface area contributed by atoms with Crippen LogP contribution in [0.15, 0.2) is 71.5 Å². The first-order valence-electron chi connectivity index (χ1n) is 9.28. The fourth-order valence-corrected chi connectivity index (χ4v) is 2.81. The minimum absolute atomic E-state index is 0.148. The third-order valence-corrected chi connectivity index (χ3v) is 4.24. The summed E-state index contributed by atoms with van der Waals surface area (Å²) in [7, 11) is 0. The molecule has 0 aliphatic carbocycles. The van der Waals surface area contributed by atoms with Crippen molar-refractivity contribution in [3.05, 3.63) is 82.6 Å². The van der Waals surface area contributed by atoms with E-state index in [2.05, 4.69) is 10.4 Å². The van der Waals surface area contributed by atoms with Crippen LogP contribution in [0.3, 0.4) is 0 Å². The van der Waals surface area contributed by atoms with E-state index in [1.165, 1.54) is 10.7 Å². The monoisotopic (exact) mass is 377 g/mol. The third-order valence-electron chi connectivity index (χ3n) is 4.24. The molecule has 0 spiro atoms. The number of hydrogen-bond acceptors (Lipinski definition) is 4. The molecule has 3 aromatic rings. The number of aryl methyl sites for hydroxylation is 1. The fourth-order valence-electron chi connectivity index (χ4n) is 2.81. The second kappa shape index (κ2) is 9.50. The molecule has 6 nitrogen and oxygen atoms in total. The number of hydrogen-bond donors (Lipinski definition) is 1. The number of nitrogens with one attached hydrogen (secondary N) is 1. The zero-order chi connectivity index (χ0) is 19.8. The van der Waals surface area contributed by atoms with Crippen LogP contribution < -0.4 is 15.6 Å². The number of rotatable bonds is 8. The van der Waals surface area contributed by atoms with Gasteiger partial charge in [0.2, 0.25) is 5.91 Å². The van der Waals surface area contributed by atoms with Crippen molar-refractivity contribution in [3.63, 3.8) is 0 Å². The highest BCUT2D eigenvalue weighted by Gasteiger charge is 2.08. The maximum Gasteiger partial charge on any atom is 0.266 e. The summed E-state index contributed by atoms with van der Waals surface area (Å²) in [6.45, 7) is 3.08. The van der Waals surface area contributed by atoms with Gasteiger partial charge in [0.15, 0.2) is 0 Å². The van der Waals surface area contributed by atoms with E-state index in [0.717, 1.165) is 16.9 Å². The van der Waals surface area contributed by atoms with Crippen LogP contribution >= 0.6 is 0 Å². The average molecular weight is 377 g/mol. The van der Waals surface area contributed by atoms with Crippen LogP contribution in [0.1, 0.15) is 18.9 Å². The molecular weight excluding hydrogens is 354 g/mol. The minimum atomic E-state index is -0.228. The van der Waals surface area contributed by atoms with Gasteiger partial charge in [0, 0.05) is 30.2 Å². The summed E-state index contributed by atoms with van der Waals surface area (Å²) >= 11 is 0. The Balaban J connectivity index is 1.60. The van der Waals surface area contributed by atoms with Crippen LogP contribution in [0, 0.1) is 0 Å². The molecule has 6 heteroatoms. The molecule has 144 valence electrons. The summed E-state index contributed by atoms with van der Waals surface area (Å²) in [5, 5.41) is 7.25. The van der Waals surface area contributed by atoms with Crippen molar-refractivity contribution in [2.24, 2.45) is 0 Å². The molecule has 0 aliphatic heterocycles. The standard InChI is InChI=1S/C22H23N3O3/c1-2-28-20-11-7-6-10-18(20)16-23-21(26)14-15-25-22(27)13-12-19(24-25)17-8-4-3-5-9-17/h3-13H,2,14-16H2,1H3,(H,23,26). The molecule has 1 N–H and O–H groups in total. The Kier molecular flexibility index (Phi) is 6.57. The molecule has 0 saturated heterocycles. The normalized spacial score (nSPS) is 10.5. The zero-order valence-electron chi connectivity index (χ0n) is 15.8. The van der Waals surface area contributed by atoms with Gasteiger partial charge >= 0.3 is 0 Å². The predicted octanol–water partition coefficient (Wildman–Crippen LogP) is 3.02.